The minimum atomic E-state index is 0.815. The molecule has 0 aromatic rings. The molecule has 1 saturated carbocycles. The molecule has 2 nitrogen and oxygen atoms in total. The maximum Gasteiger partial charge on any atom is 0.0107 e. The lowest BCUT2D eigenvalue weighted by Gasteiger charge is -2.27. The lowest BCUT2D eigenvalue weighted by molar-refractivity contribution is 0.224. The van der Waals surface area contributed by atoms with Crippen LogP contribution in [-0.2, 0) is 0 Å². The molecule has 1 N–H and O–H groups in total. The Bertz CT molecular complexity index is 175. The highest BCUT2D eigenvalue weighted by Gasteiger charge is 2.22. The molecular formula is C13H26N2. The van der Waals surface area contributed by atoms with Gasteiger partial charge in [0.05, 0.1) is 0 Å². The predicted molar refractivity (Wildman–Crippen MR) is 65.1 cm³/mol. The summed E-state index contributed by atoms with van der Waals surface area (Å²) in [6.45, 7) is 7.54. The number of hydrogen-bond acceptors (Lipinski definition) is 2. The van der Waals surface area contributed by atoms with Gasteiger partial charge in [-0.2, -0.15) is 0 Å². The standard InChI is InChI=1S/C13H26N2/c1-12-6-5-7-13(12)14-8-11-15-9-3-2-4-10-15/h12-14H,2-11H2,1H3/t12-,13+/m1/s1. The van der Waals surface area contributed by atoms with Gasteiger partial charge in [-0.3, -0.25) is 0 Å². The molecule has 0 bridgehead atoms. The van der Waals surface area contributed by atoms with E-state index in [1.165, 1.54) is 64.7 Å². The van der Waals surface area contributed by atoms with Crippen molar-refractivity contribution in [1.29, 1.82) is 0 Å². The van der Waals surface area contributed by atoms with E-state index in [2.05, 4.69) is 17.1 Å². The molecule has 0 amide bonds. The molecule has 1 aliphatic carbocycles. The Balaban J connectivity index is 1.57. The third-order valence-corrected chi connectivity index (χ3v) is 4.14. The highest BCUT2D eigenvalue weighted by Crippen LogP contribution is 2.24. The SMILES string of the molecule is C[C@@H]1CCC[C@@H]1NCCN1CCCCC1. The van der Waals surface area contributed by atoms with E-state index < -0.39 is 0 Å². The Morgan fingerprint density at radius 3 is 2.53 bits per heavy atom. The zero-order chi connectivity index (χ0) is 10.5. The van der Waals surface area contributed by atoms with E-state index in [1.807, 2.05) is 0 Å². The molecule has 2 heteroatoms. The average molecular weight is 210 g/mol. The summed E-state index contributed by atoms with van der Waals surface area (Å²) < 4.78 is 0. The van der Waals surface area contributed by atoms with Crippen LogP contribution >= 0.6 is 0 Å². The first-order valence-corrected chi connectivity index (χ1v) is 6.82. The minimum absolute atomic E-state index is 0.815. The second-order valence-corrected chi connectivity index (χ2v) is 5.37. The summed E-state index contributed by atoms with van der Waals surface area (Å²) >= 11 is 0. The lowest BCUT2D eigenvalue weighted by atomic mass is 10.1. The minimum Gasteiger partial charge on any atom is -0.312 e. The largest absolute Gasteiger partial charge is 0.312 e. The van der Waals surface area contributed by atoms with Crippen molar-refractivity contribution in [2.45, 2.75) is 51.5 Å². The number of likely N-dealkylation sites (tertiary alicyclic amines) is 1. The predicted octanol–water partition coefficient (Wildman–Crippen LogP) is 2.25. The van der Waals surface area contributed by atoms with E-state index in [4.69, 9.17) is 0 Å². The first kappa shape index (κ1) is 11.4. The van der Waals surface area contributed by atoms with E-state index in [9.17, 15) is 0 Å². The Labute approximate surface area is 94.4 Å². The lowest BCUT2D eigenvalue weighted by Crippen LogP contribution is -2.40. The summed E-state index contributed by atoms with van der Waals surface area (Å²) in [7, 11) is 0. The van der Waals surface area contributed by atoms with Gasteiger partial charge >= 0.3 is 0 Å². The first-order chi connectivity index (χ1) is 7.36. The molecule has 1 heterocycles. The third kappa shape index (κ3) is 3.46. The molecule has 15 heavy (non-hydrogen) atoms. The smallest absolute Gasteiger partial charge is 0.0107 e. The van der Waals surface area contributed by atoms with Crippen molar-refractivity contribution in [2.75, 3.05) is 26.2 Å². The molecule has 0 unspecified atom stereocenters. The molecule has 1 saturated heterocycles. The summed E-state index contributed by atoms with van der Waals surface area (Å²) in [5, 5.41) is 3.74. The van der Waals surface area contributed by atoms with Crippen molar-refractivity contribution in [3.05, 3.63) is 0 Å². The van der Waals surface area contributed by atoms with Crippen LogP contribution in [0.15, 0.2) is 0 Å². The average Bonchev–Trinajstić information content (AvgIpc) is 2.66. The molecule has 0 radical (unpaired) electrons. The van der Waals surface area contributed by atoms with Crippen LogP contribution in [0.3, 0.4) is 0 Å². The summed E-state index contributed by atoms with van der Waals surface area (Å²) in [6, 6.07) is 0.815. The third-order valence-electron chi connectivity index (χ3n) is 4.14. The normalized spacial score (nSPS) is 33.4. The van der Waals surface area contributed by atoms with Gasteiger partial charge in [0, 0.05) is 19.1 Å². The molecule has 2 rings (SSSR count). The van der Waals surface area contributed by atoms with Crippen molar-refractivity contribution >= 4 is 0 Å². The van der Waals surface area contributed by atoms with Gasteiger partial charge in [0.15, 0.2) is 0 Å². The monoisotopic (exact) mass is 210 g/mol. The second-order valence-electron chi connectivity index (χ2n) is 5.37. The van der Waals surface area contributed by atoms with Crippen LogP contribution in [0.4, 0.5) is 0 Å². The Morgan fingerprint density at radius 1 is 1.07 bits per heavy atom. The maximum atomic E-state index is 3.74. The van der Waals surface area contributed by atoms with E-state index in [1.54, 1.807) is 0 Å². The fourth-order valence-corrected chi connectivity index (χ4v) is 3.04. The van der Waals surface area contributed by atoms with Crippen molar-refractivity contribution < 1.29 is 0 Å². The first-order valence-electron chi connectivity index (χ1n) is 6.82. The quantitative estimate of drug-likeness (QED) is 0.765. The van der Waals surface area contributed by atoms with Crippen molar-refractivity contribution in [1.82, 2.24) is 10.2 Å². The summed E-state index contributed by atoms with van der Waals surface area (Å²) in [4.78, 5) is 2.62. The summed E-state index contributed by atoms with van der Waals surface area (Å²) in [5.41, 5.74) is 0. The molecular weight excluding hydrogens is 184 g/mol. The van der Waals surface area contributed by atoms with Crippen LogP contribution in [0.2, 0.25) is 0 Å². The van der Waals surface area contributed by atoms with Gasteiger partial charge in [-0.15, -0.1) is 0 Å². The van der Waals surface area contributed by atoms with Gasteiger partial charge in [0.2, 0.25) is 0 Å². The molecule has 2 fully saturated rings. The highest BCUT2D eigenvalue weighted by atomic mass is 15.1. The van der Waals surface area contributed by atoms with Crippen LogP contribution in [-0.4, -0.2) is 37.1 Å². The summed E-state index contributed by atoms with van der Waals surface area (Å²) in [6.07, 6.45) is 8.55. The van der Waals surface area contributed by atoms with Crippen LogP contribution in [0.1, 0.15) is 45.4 Å². The van der Waals surface area contributed by atoms with Gasteiger partial charge in [-0.25, -0.2) is 0 Å². The summed E-state index contributed by atoms with van der Waals surface area (Å²) in [5.74, 6) is 0.909. The molecule has 0 spiro atoms. The molecule has 88 valence electrons. The fraction of sp³-hybridized carbons (Fsp3) is 1.00. The van der Waals surface area contributed by atoms with Crippen LogP contribution in [0.25, 0.3) is 0 Å². The zero-order valence-corrected chi connectivity index (χ0v) is 10.2. The number of nitrogens with one attached hydrogen (secondary N) is 1. The molecule has 0 aromatic carbocycles. The Kier molecular flexibility index (Phi) is 4.45. The fourth-order valence-electron chi connectivity index (χ4n) is 3.04. The van der Waals surface area contributed by atoms with E-state index >= 15 is 0 Å². The van der Waals surface area contributed by atoms with Crippen molar-refractivity contribution in [3.63, 3.8) is 0 Å². The number of hydrogen-bond donors (Lipinski definition) is 1. The highest BCUT2D eigenvalue weighted by molar-refractivity contribution is 4.80. The van der Waals surface area contributed by atoms with Gasteiger partial charge < -0.3 is 10.2 Å². The molecule has 1 aliphatic heterocycles. The zero-order valence-electron chi connectivity index (χ0n) is 10.2. The van der Waals surface area contributed by atoms with E-state index in [-0.39, 0.29) is 0 Å². The van der Waals surface area contributed by atoms with Crippen LogP contribution in [0, 0.1) is 5.92 Å². The maximum absolute atomic E-state index is 3.74. The van der Waals surface area contributed by atoms with Crippen molar-refractivity contribution in [2.24, 2.45) is 5.92 Å². The van der Waals surface area contributed by atoms with Crippen LogP contribution < -0.4 is 5.32 Å². The van der Waals surface area contributed by atoms with Crippen molar-refractivity contribution in [3.8, 4) is 0 Å². The number of nitrogens with zero attached hydrogens (tertiary/aromatic N) is 1. The molecule has 2 aliphatic rings. The topological polar surface area (TPSA) is 15.3 Å². The van der Waals surface area contributed by atoms with Gasteiger partial charge in [0.1, 0.15) is 0 Å². The van der Waals surface area contributed by atoms with Gasteiger partial charge in [-0.1, -0.05) is 19.8 Å². The van der Waals surface area contributed by atoms with Gasteiger partial charge in [0.25, 0.3) is 0 Å². The molecule has 2 atom stereocenters. The number of piperidine rings is 1. The van der Waals surface area contributed by atoms with E-state index in [0.29, 0.717) is 0 Å². The Morgan fingerprint density at radius 2 is 1.87 bits per heavy atom. The van der Waals surface area contributed by atoms with Crippen LogP contribution in [0.5, 0.6) is 0 Å². The number of rotatable bonds is 4. The van der Waals surface area contributed by atoms with E-state index in [0.717, 1.165) is 12.0 Å². The molecule has 0 aromatic heterocycles. The van der Waals surface area contributed by atoms with Gasteiger partial charge in [-0.05, 0) is 44.7 Å². The second kappa shape index (κ2) is 5.86. The Hall–Kier alpha value is -0.0800.